The predicted molar refractivity (Wildman–Crippen MR) is 70.0 cm³/mol. The van der Waals surface area contributed by atoms with Gasteiger partial charge in [-0.25, -0.2) is 0 Å². The number of nitrogens with one attached hydrogen (secondary N) is 1. The molecule has 5 rings (SSSR count). The van der Waals surface area contributed by atoms with E-state index in [1.54, 1.807) is 0 Å². The van der Waals surface area contributed by atoms with Gasteiger partial charge in [-0.2, -0.15) is 0 Å². The molecule has 1 unspecified atom stereocenters. The van der Waals surface area contributed by atoms with E-state index in [9.17, 15) is 4.79 Å². The van der Waals surface area contributed by atoms with E-state index in [0.717, 1.165) is 30.2 Å². The summed E-state index contributed by atoms with van der Waals surface area (Å²) in [6, 6.07) is 1.06. The minimum atomic E-state index is 0.352. The molecule has 0 aromatic carbocycles. The van der Waals surface area contributed by atoms with Crippen molar-refractivity contribution in [1.29, 1.82) is 0 Å². The second kappa shape index (κ2) is 3.96. The average Bonchev–Trinajstić information content (AvgIpc) is 2.32. The SMILES string of the molecule is CC1CN(C2C3CC4CC(C3)CC2C4)C(=O)CN1. The second-order valence-electron chi connectivity index (χ2n) is 7.25. The Morgan fingerprint density at radius 1 is 1.06 bits per heavy atom. The maximum Gasteiger partial charge on any atom is 0.236 e. The summed E-state index contributed by atoms with van der Waals surface area (Å²) in [5.74, 6) is 4.01. The fraction of sp³-hybridized carbons (Fsp3) is 0.933. The van der Waals surface area contributed by atoms with Crippen molar-refractivity contribution in [1.82, 2.24) is 10.2 Å². The first kappa shape index (κ1) is 11.3. The zero-order valence-electron chi connectivity index (χ0n) is 11.3. The molecule has 0 radical (unpaired) electrons. The van der Waals surface area contributed by atoms with E-state index in [2.05, 4.69) is 17.1 Å². The summed E-state index contributed by atoms with van der Waals surface area (Å²) in [6.45, 7) is 3.70. The number of piperazine rings is 1. The van der Waals surface area contributed by atoms with Gasteiger partial charge in [0.1, 0.15) is 0 Å². The van der Waals surface area contributed by atoms with E-state index < -0.39 is 0 Å². The summed E-state index contributed by atoms with van der Waals surface area (Å²) in [7, 11) is 0. The lowest BCUT2D eigenvalue weighted by atomic mass is 9.53. The van der Waals surface area contributed by atoms with Gasteiger partial charge in [-0.1, -0.05) is 0 Å². The number of hydrogen-bond acceptors (Lipinski definition) is 2. The molecular weight excluding hydrogens is 224 g/mol. The van der Waals surface area contributed by atoms with Crippen molar-refractivity contribution in [2.75, 3.05) is 13.1 Å². The molecule has 1 heterocycles. The minimum absolute atomic E-state index is 0.352. The van der Waals surface area contributed by atoms with Gasteiger partial charge in [0.2, 0.25) is 5.91 Å². The summed E-state index contributed by atoms with van der Waals surface area (Å²) < 4.78 is 0. The lowest BCUT2D eigenvalue weighted by Gasteiger charge is -2.58. The summed E-state index contributed by atoms with van der Waals surface area (Å²) in [4.78, 5) is 14.5. The standard InChI is InChI=1S/C15H24N2O/c1-9-8-17(14(18)7-16-9)15-12-3-10-2-11(5-12)6-13(15)4-10/h9-13,15-16H,2-8H2,1H3. The highest BCUT2D eigenvalue weighted by Crippen LogP contribution is 2.55. The van der Waals surface area contributed by atoms with E-state index in [-0.39, 0.29) is 0 Å². The van der Waals surface area contributed by atoms with Crippen LogP contribution in [0, 0.1) is 23.7 Å². The molecular formula is C15H24N2O. The second-order valence-corrected chi connectivity index (χ2v) is 7.25. The van der Waals surface area contributed by atoms with Crippen molar-refractivity contribution < 1.29 is 4.79 Å². The predicted octanol–water partition coefficient (Wildman–Crippen LogP) is 1.63. The number of nitrogens with zero attached hydrogens (tertiary/aromatic N) is 1. The fourth-order valence-corrected chi connectivity index (χ4v) is 5.52. The first-order chi connectivity index (χ1) is 8.70. The fourth-order valence-electron chi connectivity index (χ4n) is 5.52. The van der Waals surface area contributed by atoms with Crippen LogP contribution in [-0.4, -0.2) is 36.0 Å². The molecule has 1 amide bonds. The Morgan fingerprint density at radius 2 is 1.67 bits per heavy atom. The molecule has 3 nitrogen and oxygen atoms in total. The highest BCUT2D eigenvalue weighted by Gasteiger charge is 2.51. The van der Waals surface area contributed by atoms with Crippen molar-refractivity contribution >= 4 is 5.91 Å². The largest absolute Gasteiger partial charge is 0.337 e. The third-order valence-electron chi connectivity index (χ3n) is 5.93. The number of rotatable bonds is 1. The van der Waals surface area contributed by atoms with Crippen LogP contribution in [0.5, 0.6) is 0 Å². The zero-order valence-corrected chi connectivity index (χ0v) is 11.3. The molecule has 1 N–H and O–H groups in total. The maximum absolute atomic E-state index is 12.2. The van der Waals surface area contributed by atoms with Gasteiger partial charge in [-0.15, -0.1) is 0 Å². The average molecular weight is 248 g/mol. The molecule has 4 saturated carbocycles. The van der Waals surface area contributed by atoms with Gasteiger partial charge in [0.25, 0.3) is 0 Å². The Kier molecular flexibility index (Phi) is 2.48. The smallest absolute Gasteiger partial charge is 0.236 e. The highest BCUT2D eigenvalue weighted by atomic mass is 16.2. The van der Waals surface area contributed by atoms with Crippen LogP contribution in [0.3, 0.4) is 0 Å². The molecule has 1 saturated heterocycles. The number of amides is 1. The van der Waals surface area contributed by atoms with Crippen molar-refractivity contribution in [3.63, 3.8) is 0 Å². The van der Waals surface area contributed by atoms with Crippen molar-refractivity contribution in [2.24, 2.45) is 23.7 Å². The number of carbonyl (C=O) groups is 1. The van der Waals surface area contributed by atoms with Gasteiger partial charge in [-0.05, 0) is 62.7 Å². The van der Waals surface area contributed by atoms with Gasteiger partial charge in [-0.3, -0.25) is 4.79 Å². The normalized spacial score (nSPS) is 50.9. The van der Waals surface area contributed by atoms with Gasteiger partial charge < -0.3 is 10.2 Å². The third kappa shape index (κ3) is 1.63. The molecule has 1 atom stereocenters. The molecule has 0 spiro atoms. The molecule has 4 aliphatic carbocycles. The van der Waals surface area contributed by atoms with Crippen LogP contribution >= 0.6 is 0 Å². The van der Waals surface area contributed by atoms with Crippen LogP contribution < -0.4 is 5.32 Å². The van der Waals surface area contributed by atoms with Crippen LogP contribution in [0.1, 0.15) is 39.0 Å². The Labute approximate surface area is 109 Å². The minimum Gasteiger partial charge on any atom is -0.337 e. The quantitative estimate of drug-likeness (QED) is 0.765. The van der Waals surface area contributed by atoms with Crippen LogP contribution in [0.4, 0.5) is 0 Å². The van der Waals surface area contributed by atoms with Crippen molar-refractivity contribution in [3.05, 3.63) is 0 Å². The van der Waals surface area contributed by atoms with Gasteiger partial charge in [0.05, 0.1) is 6.54 Å². The van der Waals surface area contributed by atoms with Crippen LogP contribution in [0.25, 0.3) is 0 Å². The van der Waals surface area contributed by atoms with Gasteiger partial charge >= 0.3 is 0 Å². The van der Waals surface area contributed by atoms with E-state index >= 15 is 0 Å². The Hall–Kier alpha value is -0.570. The first-order valence-electron chi connectivity index (χ1n) is 7.73. The molecule has 18 heavy (non-hydrogen) atoms. The third-order valence-corrected chi connectivity index (χ3v) is 5.93. The summed E-state index contributed by atoms with van der Waals surface area (Å²) in [5, 5.41) is 3.29. The molecule has 3 heteroatoms. The molecule has 1 aliphatic heterocycles. The van der Waals surface area contributed by atoms with E-state index in [0.29, 0.717) is 24.5 Å². The number of hydrogen-bond donors (Lipinski definition) is 1. The lowest BCUT2D eigenvalue weighted by molar-refractivity contribution is -0.146. The molecule has 100 valence electrons. The number of carbonyl (C=O) groups excluding carboxylic acids is 1. The molecule has 0 aromatic rings. The molecule has 0 aromatic heterocycles. The molecule has 5 aliphatic rings. The van der Waals surface area contributed by atoms with Crippen LogP contribution in [-0.2, 0) is 4.79 Å². The zero-order chi connectivity index (χ0) is 12.3. The van der Waals surface area contributed by atoms with Crippen molar-refractivity contribution in [3.8, 4) is 0 Å². The van der Waals surface area contributed by atoms with Gasteiger partial charge in [0, 0.05) is 18.6 Å². The first-order valence-corrected chi connectivity index (χ1v) is 7.73. The Morgan fingerprint density at radius 3 is 2.28 bits per heavy atom. The maximum atomic E-state index is 12.2. The van der Waals surface area contributed by atoms with Gasteiger partial charge in [0.15, 0.2) is 0 Å². The summed E-state index contributed by atoms with van der Waals surface area (Å²) in [5.41, 5.74) is 0. The van der Waals surface area contributed by atoms with E-state index in [1.807, 2.05) is 0 Å². The highest BCUT2D eigenvalue weighted by molar-refractivity contribution is 5.79. The van der Waals surface area contributed by atoms with Crippen molar-refractivity contribution in [2.45, 2.75) is 51.1 Å². The molecule has 5 fully saturated rings. The van der Waals surface area contributed by atoms with Crippen LogP contribution in [0.15, 0.2) is 0 Å². The molecule has 4 bridgehead atoms. The van der Waals surface area contributed by atoms with E-state index in [1.165, 1.54) is 32.1 Å². The van der Waals surface area contributed by atoms with E-state index in [4.69, 9.17) is 0 Å². The lowest BCUT2D eigenvalue weighted by Crippen LogP contribution is -2.63. The Balaban J connectivity index is 1.58. The topological polar surface area (TPSA) is 32.3 Å². The monoisotopic (exact) mass is 248 g/mol. The summed E-state index contributed by atoms with van der Waals surface area (Å²) in [6.07, 6.45) is 7.12. The van der Waals surface area contributed by atoms with Crippen LogP contribution in [0.2, 0.25) is 0 Å². The Bertz CT molecular complexity index is 340. The summed E-state index contributed by atoms with van der Waals surface area (Å²) >= 11 is 0.